The zero-order valence-corrected chi connectivity index (χ0v) is 13.7. The minimum Gasteiger partial charge on any atom is -0.376 e. The van der Waals surface area contributed by atoms with Crippen LogP contribution in [0.5, 0.6) is 0 Å². The van der Waals surface area contributed by atoms with Crippen LogP contribution in [-0.2, 0) is 16.0 Å². The molecule has 2 N–H and O–H groups in total. The monoisotopic (exact) mass is 324 g/mol. The third-order valence-electron chi connectivity index (χ3n) is 4.45. The Balaban J connectivity index is 0.00000176. The fraction of sp³-hybridized carbons (Fsp3) is 0.588. The molecular formula is C17H25ClN2O2. The second kappa shape index (κ2) is 7.44. The Labute approximate surface area is 138 Å². The van der Waals surface area contributed by atoms with Crippen LogP contribution >= 0.6 is 12.4 Å². The lowest BCUT2D eigenvalue weighted by Gasteiger charge is -2.20. The fourth-order valence-electron chi connectivity index (χ4n) is 2.88. The van der Waals surface area contributed by atoms with E-state index in [0.29, 0.717) is 6.54 Å². The molecule has 0 aromatic heterocycles. The topological polar surface area (TPSA) is 55.6 Å². The summed E-state index contributed by atoms with van der Waals surface area (Å²) in [6, 6.07) is 10.5. The smallest absolute Gasteiger partial charge is 0.242 e. The molecule has 1 saturated carbocycles. The molecule has 5 heteroatoms. The number of halogens is 1. The molecule has 1 aliphatic carbocycles. The first kappa shape index (κ1) is 17.3. The fourth-order valence-corrected chi connectivity index (χ4v) is 2.88. The van der Waals surface area contributed by atoms with E-state index in [1.165, 1.54) is 5.56 Å². The Morgan fingerprint density at radius 2 is 2.05 bits per heavy atom. The van der Waals surface area contributed by atoms with Crippen LogP contribution < -0.4 is 5.73 Å². The van der Waals surface area contributed by atoms with Crippen LogP contribution in [0.25, 0.3) is 0 Å². The van der Waals surface area contributed by atoms with Crippen LogP contribution in [0.15, 0.2) is 30.3 Å². The van der Waals surface area contributed by atoms with Gasteiger partial charge in [-0.05, 0) is 37.7 Å². The second-order valence-electron chi connectivity index (χ2n) is 6.28. The van der Waals surface area contributed by atoms with Gasteiger partial charge < -0.3 is 15.4 Å². The van der Waals surface area contributed by atoms with Gasteiger partial charge in [0.05, 0.1) is 11.6 Å². The van der Waals surface area contributed by atoms with E-state index in [1.54, 1.807) is 0 Å². The molecule has 0 spiro atoms. The summed E-state index contributed by atoms with van der Waals surface area (Å²) in [6.07, 6.45) is 4.87. The summed E-state index contributed by atoms with van der Waals surface area (Å²) in [5.74, 6) is 0.123. The van der Waals surface area contributed by atoms with Gasteiger partial charge in [-0.15, -0.1) is 12.4 Å². The molecule has 2 aliphatic rings. The summed E-state index contributed by atoms with van der Waals surface area (Å²) in [7, 11) is 0. The number of carbonyl (C=O) groups excluding carboxylic acids is 1. The van der Waals surface area contributed by atoms with Gasteiger partial charge in [0.25, 0.3) is 0 Å². The molecule has 0 bridgehead atoms. The molecule has 122 valence electrons. The maximum atomic E-state index is 12.1. The normalized spacial score (nSPS) is 22.2. The molecule has 1 aromatic carbocycles. The zero-order chi connectivity index (χ0) is 14.7. The number of rotatable bonds is 6. The van der Waals surface area contributed by atoms with Gasteiger partial charge in [0.15, 0.2) is 0 Å². The van der Waals surface area contributed by atoms with Crippen LogP contribution in [0.3, 0.4) is 0 Å². The van der Waals surface area contributed by atoms with Crippen molar-refractivity contribution in [3.05, 3.63) is 35.9 Å². The van der Waals surface area contributed by atoms with Crippen molar-refractivity contribution >= 4 is 18.3 Å². The van der Waals surface area contributed by atoms with Gasteiger partial charge in [0.2, 0.25) is 5.91 Å². The molecule has 0 radical (unpaired) electrons. The number of likely N-dealkylation sites (tertiary alicyclic amines) is 1. The maximum absolute atomic E-state index is 12.1. The molecular weight excluding hydrogens is 300 g/mol. The number of amides is 1. The second-order valence-corrected chi connectivity index (χ2v) is 6.28. The first-order chi connectivity index (χ1) is 10.2. The van der Waals surface area contributed by atoms with E-state index in [2.05, 4.69) is 24.3 Å². The first-order valence-electron chi connectivity index (χ1n) is 7.91. The van der Waals surface area contributed by atoms with E-state index >= 15 is 0 Å². The molecule has 1 heterocycles. The van der Waals surface area contributed by atoms with Crippen molar-refractivity contribution in [1.29, 1.82) is 0 Å². The summed E-state index contributed by atoms with van der Waals surface area (Å²) in [4.78, 5) is 14.0. The predicted molar refractivity (Wildman–Crippen MR) is 89.1 cm³/mol. The van der Waals surface area contributed by atoms with Crippen molar-refractivity contribution in [2.45, 2.75) is 43.7 Å². The van der Waals surface area contributed by atoms with Crippen molar-refractivity contribution in [1.82, 2.24) is 4.90 Å². The number of ether oxygens (including phenoxy) is 1. The average Bonchev–Trinajstić information content (AvgIpc) is 3.09. The molecule has 3 rings (SSSR count). The Morgan fingerprint density at radius 1 is 1.32 bits per heavy atom. The average molecular weight is 325 g/mol. The highest BCUT2D eigenvalue weighted by Gasteiger charge is 2.49. The molecule has 1 aromatic rings. The number of carbonyl (C=O) groups is 1. The van der Waals surface area contributed by atoms with Crippen LogP contribution in [0.4, 0.5) is 0 Å². The van der Waals surface area contributed by atoms with Crippen molar-refractivity contribution in [2.24, 2.45) is 5.73 Å². The Bertz CT molecular complexity index is 491. The summed E-state index contributed by atoms with van der Waals surface area (Å²) in [6.45, 7) is 2.26. The lowest BCUT2D eigenvalue weighted by atomic mass is 10.1. The number of nitrogens with zero attached hydrogens (tertiary/aromatic N) is 1. The number of benzene rings is 1. The molecule has 4 nitrogen and oxygen atoms in total. The molecule has 1 saturated heterocycles. The summed E-state index contributed by atoms with van der Waals surface area (Å²) >= 11 is 0. The summed E-state index contributed by atoms with van der Waals surface area (Å²) in [5, 5.41) is 0. The summed E-state index contributed by atoms with van der Waals surface area (Å²) in [5.41, 5.74) is 6.78. The number of nitrogens with two attached hydrogens (primary N) is 1. The van der Waals surface area contributed by atoms with Crippen molar-refractivity contribution < 1.29 is 9.53 Å². The van der Waals surface area contributed by atoms with Crippen molar-refractivity contribution in [3.8, 4) is 0 Å². The number of aryl methyl sites for hydroxylation is 1. The number of hydrogen-bond acceptors (Lipinski definition) is 3. The molecule has 22 heavy (non-hydrogen) atoms. The minimum atomic E-state index is -0.539. The SMILES string of the molecule is Cl.NC1(C(=O)N2CCC(OCCCc3ccccc3)C2)CC1. The zero-order valence-electron chi connectivity index (χ0n) is 12.9. The van der Waals surface area contributed by atoms with Crippen LogP contribution in [0.1, 0.15) is 31.2 Å². The minimum absolute atomic E-state index is 0. The van der Waals surface area contributed by atoms with E-state index in [4.69, 9.17) is 10.5 Å². The highest BCUT2D eigenvalue weighted by atomic mass is 35.5. The molecule has 1 amide bonds. The van der Waals surface area contributed by atoms with E-state index in [-0.39, 0.29) is 24.4 Å². The highest BCUT2D eigenvalue weighted by Crippen LogP contribution is 2.35. The maximum Gasteiger partial charge on any atom is 0.242 e. The first-order valence-corrected chi connectivity index (χ1v) is 7.91. The van der Waals surface area contributed by atoms with Crippen molar-refractivity contribution in [2.75, 3.05) is 19.7 Å². The van der Waals surface area contributed by atoms with Gasteiger partial charge in [-0.25, -0.2) is 0 Å². The Hall–Kier alpha value is -1.10. The lowest BCUT2D eigenvalue weighted by Crippen LogP contribution is -2.45. The van der Waals surface area contributed by atoms with Crippen LogP contribution in [0, 0.1) is 0 Å². The third kappa shape index (κ3) is 4.22. The van der Waals surface area contributed by atoms with Crippen LogP contribution in [-0.4, -0.2) is 42.1 Å². The molecule has 2 fully saturated rings. The largest absolute Gasteiger partial charge is 0.376 e. The van der Waals surface area contributed by atoms with Gasteiger partial charge in [-0.2, -0.15) is 0 Å². The van der Waals surface area contributed by atoms with E-state index in [1.807, 2.05) is 11.0 Å². The Morgan fingerprint density at radius 3 is 2.73 bits per heavy atom. The van der Waals surface area contributed by atoms with Gasteiger partial charge >= 0.3 is 0 Å². The van der Waals surface area contributed by atoms with Gasteiger partial charge in [0.1, 0.15) is 0 Å². The molecule has 1 aliphatic heterocycles. The van der Waals surface area contributed by atoms with E-state index < -0.39 is 5.54 Å². The van der Waals surface area contributed by atoms with Gasteiger partial charge in [0, 0.05) is 19.7 Å². The van der Waals surface area contributed by atoms with E-state index in [9.17, 15) is 4.79 Å². The Kier molecular flexibility index (Phi) is 5.84. The predicted octanol–water partition coefficient (Wildman–Crippen LogP) is 2.15. The van der Waals surface area contributed by atoms with E-state index in [0.717, 1.165) is 45.3 Å². The quantitative estimate of drug-likeness (QED) is 0.816. The number of hydrogen-bond donors (Lipinski definition) is 1. The van der Waals surface area contributed by atoms with Crippen molar-refractivity contribution in [3.63, 3.8) is 0 Å². The standard InChI is InChI=1S/C17H24N2O2.ClH/c18-17(9-10-17)16(20)19-11-8-15(13-19)21-12-4-7-14-5-2-1-3-6-14;/h1-3,5-6,15H,4,7-13,18H2;1H. The third-order valence-corrected chi connectivity index (χ3v) is 4.45. The lowest BCUT2D eigenvalue weighted by molar-refractivity contribution is -0.133. The van der Waals surface area contributed by atoms with Gasteiger partial charge in [-0.3, -0.25) is 4.79 Å². The van der Waals surface area contributed by atoms with Crippen LogP contribution in [0.2, 0.25) is 0 Å². The van der Waals surface area contributed by atoms with Gasteiger partial charge in [-0.1, -0.05) is 30.3 Å². The molecule has 1 atom stereocenters. The summed E-state index contributed by atoms with van der Waals surface area (Å²) < 4.78 is 5.90. The molecule has 1 unspecified atom stereocenters. The highest BCUT2D eigenvalue weighted by molar-refractivity contribution is 5.89.